The summed E-state index contributed by atoms with van der Waals surface area (Å²) in [4.78, 5) is 51.3. The van der Waals surface area contributed by atoms with Crippen molar-refractivity contribution in [3.05, 3.63) is 144 Å². The van der Waals surface area contributed by atoms with Gasteiger partial charge >= 0.3 is 5.97 Å². The van der Waals surface area contributed by atoms with Gasteiger partial charge in [0.05, 0.1) is 6.04 Å². The van der Waals surface area contributed by atoms with E-state index in [1.54, 1.807) is 54.6 Å². The van der Waals surface area contributed by atoms with E-state index in [2.05, 4.69) is 16.0 Å². The van der Waals surface area contributed by atoms with E-state index in [-0.39, 0.29) is 18.9 Å². The van der Waals surface area contributed by atoms with Crippen molar-refractivity contribution >= 4 is 23.7 Å². The van der Waals surface area contributed by atoms with Crippen LogP contribution in [0.25, 0.3) is 0 Å². The average molecular weight is 564 g/mol. The molecule has 214 valence electrons. The second-order valence-corrected chi connectivity index (χ2v) is 9.71. The van der Waals surface area contributed by atoms with E-state index in [9.17, 15) is 19.2 Å². The predicted octanol–water partition coefficient (Wildman–Crippen LogP) is 3.73. The lowest BCUT2D eigenvalue weighted by atomic mass is 10.0. The summed E-state index contributed by atoms with van der Waals surface area (Å²) in [5.74, 6) is -1.85. The fraction of sp³-hybridized carbons (Fsp3) is 0.176. The summed E-state index contributed by atoms with van der Waals surface area (Å²) in [6, 6.07) is 34.8. The molecule has 0 heterocycles. The van der Waals surface area contributed by atoms with Gasteiger partial charge in [-0.25, -0.2) is 0 Å². The van der Waals surface area contributed by atoms with Gasteiger partial charge in [0.25, 0.3) is 11.8 Å². The maximum Gasteiger partial charge on any atom is 0.325 e. The molecule has 0 radical (unpaired) electrons. The Labute approximate surface area is 245 Å². The summed E-state index contributed by atoms with van der Waals surface area (Å²) in [7, 11) is 0. The summed E-state index contributed by atoms with van der Waals surface area (Å²) in [6.07, 6.45) is 0.689. The van der Waals surface area contributed by atoms with Gasteiger partial charge in [-0.3, -0.25) is 19.2 Å². The fourth-order valence-corrected chi connectivity index (χ4v) is 4.33. The van der Waals surface area contributed by atoms with Gasteiger partial charge in [0, 0.05) is 17.5 Å². The molecule has 0 fully saturated rings. The number of ether oxygens (including phenoxy) is 1. The number of benzene rings is 4. The smallest absolute Gasteiger partial charge is 0.325 e. The number of nitrogens with one attached hydrogen (secondary N) is 3. The Bertz CT molecular complexity index is 1450. The van der Waals surface area contributed by atoms with E-state index < -0.39 is 36.4 Å². The molecule has 4 aromatic carbocycles. The Hall–Kier alpha value is -5.24. The van der Waals surface area contributed by atoms with E-state index in [0.29, 0.717) is 17.5 Å². The molecule has 42 heavy (non-hydrogen) atoms. The minimum atomic E-state index is -0.913. The van der Waals surface area contributed by atoms with Crippen LogP contribution in [0, 0.1) is 0 Å². The quantitative estimate of drug-likeness (QED) is 0.215. The molecule has 0 bridgehead atoms. The molecular formula is C34H33N3O5. The molecule has 8 nitrogen and oxygen atoms in total. The van der Waals surface area contributed by atoms with E-state index in [1.807, 2.05) is 66.7 Å². The highest BCUT2D eigenvalue weighted by atomic mass is 16.5. The monoisotopic (exact) mass is 563 g/mol. The van der Waals surface area contributed by atoms with Crippen molar-refractivity contribution in [2.24, 2.45) is 0 Å². The van der Waals surface area contributed by atoms with Crippen molar-refractivity contribution in [3.8, 4) is 0 Å². The highest BCUT2D eigenvalue weighted by molar-refractivity contribution is 5.98. The van der Waals surface area contributed by atoms with Gasteiger partial charge in [-0.2, -0.15) is 0 Å². The highest BCUT2D eigenvalue weighted by Crippen LogP contribution is 2.08. The molecule has 0 aliphatic heterocycles. The molecule has 0 saturated carbocycles. The second-order valence-electron chi connectivity index (χ2n) is 9.71. The zero-order chi connectivity index (χ0) is 29.6. The number of amides is 3. The molecule has 0 aromatic heterocycles. The van der Waals surface area contributed by atoms with Crippen LogP contribution in [0.3, 0.4) is 0 Å². The molecule has 0 aliphatic rings. The van der Waals surface area contributed by atoms with Crippen LogP contribution in [0.15, 0.2) is 121 Å². The number of rotatable bonds is 13. The number of hydrogen-bond donors (Lipinski definition) is 3. The van der Waals surface area contributed by atoms with Gasteiger partial charge in [-0.1, -0.05) is 97.1 Å². The minimum Gasteiger partial charge on any atom is -0.462 e. The van der Waals surface area contributed by atoms with Crippen LogP contribution in [-0.2, 0) is 27.2 Å². The van der Waals surface area contributed by atoms with Crippen molar-refractivity contribution in [3.63, 3.8) is 0 Å². The van der Waals surface area contributed by atoms with Crippen molar-refractivity contribution in [1.82, 2.24) is 16.0 Å². The summed E-state index contributed by atoms with van der Waals surface area (Å²) in [5, 5.41) is 8.29. The van der Waals surface area contributed by atoms with Crippen LogP contribution in [0.4, 0.5) is 0 Å². The summed E-state index contributed by atoms with van der Waals surface area (Å²) >= 11 is 0. The van der Waals surface area contributed by atoms with Crippen LogP contribution in [0.2, 0.25) is 0 Å². The SMILES string of the molecule is O=C(CNC(=O)C(Cc1ccccc1)NC(=O)c1ccccc1)OCC(Cc1ccccc1)NC(=O)c1ccccc1. The van der Waals surface area contributed by atoms with E-state index >= 15 is 0 Å². The highest BCUT2D eigenvalue weighted by Gasteiger charge is 2.23. The predicted molar refractivity (Wildman–Crippen MR) is 160 cm³/mol. The molecule has 3 amide bonds. The number of carbonyl (C=O) groups excluding carboxylic acids is 4. The molecule has 4 rings (SSSR count). The van der Waals surface area contributed by atoms with Crippen molar-refractivity contribution in [2.45, 2.75) is 24.9 Å². The standard InChI is InChI=1S/C34H33N3O5/c38-31(42-24-29(21-25-13-5-1-6-14-25)36-32(39)27-17-9-3-10-18-27)23-35-34(41)30(22-26-15-7-2-8-16-26)37-33(40)28-19-11-4-12-20-28/h1-20,29-30H,21-24H2,(H,35,41)(H,36,39)(H,37,40). The zero-order valence-corrected chi connectivity index (χ0v) is 23.1. The van der Waals surface area contributed by atoms with Crippen LogP contribution >= 0.6 is 0 Å². The molecule has 0 spiro atoms. The van der Waals surface area contributed by atoms with Crippen LogP contribution < -0.4 is 16.0 Å². The lowest BCUT2D eigenvalue weighted by molar-refractivity contribution is -0.144. The van der Waals surface area contributed by atoms with Crippen molar-refractivity contribution < 1.29 is 23.9 Å². The Morgan fingerprint density at radius 1 is 0.571 bits per heavy atom. The molecule has 4 aromatic rings. The van der Waals surface area contributed by atoms with Gasteiger partial charge < -0.3 is 20.7 Å². The van der Waals surface area contributed by atoms with Gasteiger partial charge in [0.2, 0.25) is 5.91 Å². The normalized spacial score (nSPS) is 11.9. The maximum atomic E-state index is 13.1. The first-order chi connectivity index (χ1) is 20.5. The Morgan fingerprint density at radius 2 is 1.02 bits per heavy atom. The zero-order valence-electron chi connectivity index (χ0n) is 23.1. The third-order valence-electron chi connectivity index (χ3n) is 6.49. The van der Waals surface area contributed by atoms with Gasteiger partial charge in [-0.05, 0) is 41.8 Å². The van der Waals surface area contributed by atoms with Gasteiger partial charge in [0.15, 0.2) is 0 Å². The van der Waals surface area contributed by atoms with Crippen molar-refractivity contribution in [1.29, 1.82) is 0 Å². The molecule has 2 unspecified atom stereocenters. The van der Waals surface area contributed by atoms with Crippen LogP contribution in [-0.4, -0.2) is 48.9 Å². The Morgan fingerprint density at radius 3 is 1.55 bits per heavy atom. The number of carbonyl (C=O) groups is 4. The lowest BCUT2D eigenvalue weighted by Crippen LogP contribution is -2.49. The molecule has 0 aliphatic carbocycles. The summed E-state index contributed by atoms with van der Waals surface area (Å²) < 4.78 is 5.46. The number of esters is 1. The van der Waals surface area contributed by atoms with Gasteiger partial charge in [-0.15, -0.1) is 0 Å². The first kappa shape index (κ1) is 29.7. The summed E-state index contributed by atoms with van der Waals surface area (Å²) in [6.45, 7) is -0.476. The second kappa shape index (κ2) is 15.5. The van der Waals surface area contributed by atoms with Gasteiger partial charge in [0.1, 0.15) is 19.2 Å². The fourth-order valence-electron chi connectivity index (χ4n) is 4.33. The Kier molecular flexibility index (Phi) is 11.0. The molecule has 0 saturated heterocycles. The maximum absolute atomic E-state index is 13.1. The molecule has 2 atom stereocenters. The first-order valence-electron chi connectivity index (χ1n) is 13.7. The van der Waals surface area contributed by atoms with Crippen LogP contribution in [0.1, 0.15) is 31.8 Å². The largest absolute Gasteiger partial charge is 0.462 e. The van der Waals surface area contributed by atoms with Crippen molar-refractivity contribution in [2.75, 3.05) is 13.2 Å². The topological polar surface area (TPSA) is 114 Å². The minimum absolute atomic E-state index is 0.0830. The Balaban J connectivity index is 1.35. The molecular weight excluding hydrogens is 530 g/mol. The van der Waals surface area contributed by atoms with Crippen LogP contribution in [0.5, 0.6) is 0 Å². The third kappa shape index (κ3) is 9.45. The van der Waals surface area contributed by atoms with E-state index in [1.165, 1.54) is 0 Å². The third-order valence-corrected chi connectivity index (χ3v) is 6.49. The first-order valence-corrected chi connectivity index (χ1v) is 13.7. The van der Waals surface area contributed by atoms with E-state index in [0.717, 1.165) is 11.1 Å². The molecule has 8 heteroatoms. The average Bonchev–Trinajstić information content (AvgIpc) is 3.04. The number of hydrogen-bond acceptors (Lipinski definition) is 5. The summed E-state index contributed by atoms with van der Waals surface area (Å²) in [5.41, 5.74) is 2.74. The molecule has 3 N–H and O–H groups in total. The lowest BCUT2D eigenvalue weighted by Gasteiger charge is -2.20. The van der Waals surface area contributed by atoms with E-state index in [4.69, 9.17) is 4.74 Å².